The summed E-state index contributed by atoms with van der Waals surface area (Å²) in [6, 6.07) is 0. The highest BCUT2D eigenvalue weighted by Crippen LogP contribution is 2.15. The van der Waals surface area contributed by atoms with Crippen LogP contribution >= 0.6 is 0 Å². The lowest BCUT2D eigenvalue weighted by Crippen LogP contribution is -2.45. The highest BCUT2D eigenvalue weighted by atomic mass is 16.2. The zero-order valence-corrected chi connectivity index (χ0v) is 11.0. The van der Waals surface area contributed by atoms with Crippen molar-refractivity contribution in [1.82, 2.24) is 5.32 Å². The van der Waals surface area contributed by atoms with Crippen molar-refractivity contribution in [3.05, 3.63) is 0 Å². The Balaban J connectivity index is 4.15. The molecule has 15 heavy (non-hydrogen) atoms. The van der Waals surface area contributed by atoms with Gasteiger partial charge < -0.3 is 5.32 Å². The Morgan fingerprint density at radius 2 is 1.87 bits per heavy atom. The topological polar surface area (TPSA) is 29.1 Å². The normalized spacial score (nSPS) is 13.7. The first-order valence-electron chi connectivity index (χ1n) is 6.28. The minimum atomic E-state index is -0.0588. The van der Waals surface area contributed by atoms with E-state index in [2.05, 4.69) is 39.9 Å². The van der Waals surface area contributed by atoms with E-state index in [0.29, 0.717) is 0 Å². The maximum atomic E-state index is 11.9. The monoisotopic (exact) mass is 213 g/mol. The Kier molecular flexibility index (Phi) is 6.62. The molecule has 0 rings (SSSR count). The summed E-state index contributed by atoms with van der Waals surface area (Å²) in [6.45, 7) is 10.5. The lowest BCUT2D eigenvalue weighted by Gasteiger charge is -2.27. The van der Waals surface area contributed by atoms with Gasteiger partial charge in [0.05, 0.1) is 0 Å². The van der Waals surface area contributed by atoms with Gasteiger partial charge in [0.1, 0.15) is 0 Å². The summed E-state index contributed by atoms with van der Waals surface area (Å²) in [4.78, 5) is 11.9. The lowest BCUT2D eigenvalue weighted by atomic mass is 9.95. The Hall–Kier alpha value is -0.530. The molecule has 0 aromatic carbocycles. The van der Waals surface area contributed by atoms with Crippen LogP contribution in [0.4, 0.5) is 0 Å². The van der Waals surface area contributed by atoms with Crippen LogP contribution in [0.2, 0.25) is 0 Å². The van der Waals surface area contributed by atoms with Gasteiger partial charge in [-0.15, -0.1) is 0 Å². The standard InChI is InChI=1S/C13H27NO/c1-6-9-10-11(7-2)12(15)14-13(4,5)8-3/h11H,6-10H2,1-5H3,(H,14,15). The maximum Gasteiger partial charge on any atom is 0.223 e. The number of carbonyl (C=O) groups is 1. The largest absolute Gasteiger partial charge is 0.351 e. The van der Waals surface area contributed by atoms with Crippen molar-refractivity contribution in [3.8, 4) is 0 Å². The number of nitrogens with one attached hydrogen (secondary N) is 1. The van der Waals surface area contributed by atoms with Crippen molar-refractivity contribution < 1.29 is 4.79 Å². The number of carbonyl (C=O) groups excluding carboxylic acids is 1. The zero-order valence-electron chi connectivity index (χ0n) is 11.0. The predicted octanol–water partition coefficient (Wildman–Crippen LogP) is 3.51. The molecule has 0 heterocycles. The van der Waals surface area contributed by atoms with Crippen molar-refractivity contribution in [2.75, 3.05) is 0 Å². The summed E-state index contributed by atoms with van der Waals surface area (Å²) in [6.07, 6.45) is 5.27. The van der Waals surface area contributed by atoms with E-state index in [1.165, 1.54) is 6.42 Å². The molecule has 0 aliphatic heterocycles. The Bertz CT molecular complexity index is 187. The van der Waals surface area contributed by atoms with Crippen molar-refractivity contribution in [1.29, 1.82) is 0 Å². The molecule has 1 atom stereocenters. The maximum absolute atomic E-state index is 11.9. The van der Waals surface area contributed by atoms with Crippen LogP contribution in [-0.2, 0) is 4.79 Å². The van der Waals surface area contributed by atoms with Crippen LogP contribution in [0.1, 0.15) is 66.7 Å². The number of unbranched alkanes of at least 4 members (excludes halogenated alkanes) is 1. The summed E-state index contributed by atoms with van der Waals surface area (Å²) in [7, 11) is 0. The molecule has 1 unspecified atom stereocenters. The van der Waals surface area contributed by atoms with Gasteiger partial charge in [-0.2, -0.15) is 0 Å². The first-order chi connectivity index (χ1) is 6.96. The van der Waals surface area contributed by atoms with E-state index in [-0.39, 0.29) is 17.4 Å². The van der Waals surface area contributed by atoms with E-state index in [0.717, 1.165) is 25.7 Å². The van der Waals surface area contributed by atoms with Gasteiger partial charge in [-0.3, -0.25) is 4.79 Å². The first kappa shape index (κ1) is 14.5. The third-order valence-electron chi connectivity index (χ3n) is 3.12. The summed E-state index contributed by atoms with van der Waals surface area (Å²) in [5.41, 5.74) is -0.0588. The molecule has 0 aromatic heterocycles. The molecule has 0 radical (unpaired) electrons. The van der Waals surface area contributed by atoms with Gasteiger partial charge in [-0.05, 0) is 33.1 Å². The molecule has 90 valence electrons. The molecule has 0 spiro atoms. The molecule has 0 fully saturated rings. The zero-order chi connectivity index (χ0) is 11.9. The number of hydrogen-bond acceptors (Lipinski definition) is 1. The fraction of sp³-hybridized carbons (Fsp3) is 0.923. The smallest absolute Gasteiger partial charge is 0.223 e. The van der Waals surface area contributed by atoms with Gasteiger partial charge in [0.15, 0.2) is 0 Å². The van der Waals surface area contributed by atoms with Crippen LogP contribution in [0, 0.1) is 5.92 Å². The van der Waals surface area contributed by atoms with Gasteiger partial charge in [0.2, 0.25) is 5.91 Å². The van der Waals surface area contributed by atoms with Gasteiger partial charge in [0.25, 0.3) is 0 Å². The minimum absolute atomic E-state index is 0.0588. The minimum Gasteiger partial charge on any atom is -0.351 e. The van der Waals surface area contributed by atoms with Gasteiger partial charge in [-0.25, -0.2) is 0 Å². The molecule has 0 aliphatic rings. The van der Waals surface area contributed by atoms with Crippen LogP contribution < -0.4 is 5.32 Å². The van der Waals surface area contributed by atoms with Gasteiger partial charge in [-0.1, -0.05) is 33.6 Å². The average Bonchev–Trinajstić information content (AvgIpc) is 2.18. The average molecular weight is 213 g/mol. The van der Waals surface area contributed by atoms with Crippen molar-refractivity contribution in [2.24, 2.45) is 5.92 Å². The molecule has 1 amide bonds. The molecular formula is C13H27NO. The molecule has 0 bridgehead atoms. The van der Waals surface area contributed by atoms with Crippen LogP contribution in [-0.4, -0.2) is 11.4 Å². The Labute approximate surface area is 94.8 Å². The lowest BCUT2D eigenvalue weighted by molar-refractivity contribution is -0.127. The van der Waals surface area contributed by atoms with Crippen LogP contribution in [0.5, 0.6) is 0 Å². The first-order valence-corrected chi connectivity index (χ1v) is 6.28. The van der Waals surface area contributed by atoms with Gasteiger partial charge in [0, 0.05) is 11.5 Å². The fourth-order valence-electron chi connectivity index (χ4n) is 1.50. The molecule has 0 aliphatic carbocycles. The van der Waals surface area contributed by atoms with Crippen molar-refractivity contribution in [2.45, 2.75) is 72.3 Å². The summed E-state index contributed by atoms with van der Waals surface area (Å²) >= 11 is 0. The van der Waals surface area contributed by atoms with E-state index in [9.17, 15) is 4.79 Å². The van der Waals surface area contributed by atoms with Crippen LogP contribution in [0.15, 0.2) is 0 Å². The van der Waals surface area contributed by atoms with Crippen molar-refractivity contribution in [3.63, 3.8) is 0 Å². The van der Waals surface area contributed by atoms with Crippen LogP contribution in [0.3, 0.4) is 0 Å². The second kappa shape index (κ2) is 6.86. The fourth-order valence-corrected chi connectivity index (χ4v) is 1.50. The SMILES string of the molecule is CCCCC(CC)C(=O)NC(C)(C)CC. The molecule has 0 saturated carbocycles. The summed E-state index contributed by atoms with van der Waals surface area (Å²) in [5, 5.41) is 3.13. The van der Waals surface area contributed by atoms with Crippen molar-refractivity contribution >= 4 is 5.91 Å². The van der Waals surface area contributed by atoms with Gasteiger partial charge >= 0.3 is 0 Å². The molecule has 1 N–H and O–H groups in total. The number of amides is 1. The van der Waals surface area contributed by atoms with E-state index in [1.54, 1.807) is 0 Å². The Morgan fingerprint density at radius 1 is 1.27 bits per heavy atom. The number of hydrogen-bond donors (Lipinski definition) is 1. The highest BCUT2D eigenvalue weighted by Gasteiger charge is 2.22. The third kappa shape index (κ3) is 5.81. The third-order valence-corrected chi connectivity index (χ3v) is 3.12. The van der Waals surface area contributed by atoms with Crippen LogP contribution in [0.25, 0.3) is 0 Å². The molecule has 2 nitrogen and oxygen atoms in total. The van der Waals surface area contributed by atoms with E-state index >= 15 is 0 Å². The van der Waals surface area contributed by atoms with E-state index < -0.39 is 0 Å². The second-order valence-corrected chi connectivity index (χ2v) is 4.97. The number of rotatable bonds is 7. The molecular weight excluding hydrogens is 186 g/mol. The Morgan fingerprint density at radius 3 is 2.27 bits per heavy atom. The molecule has 0 saturated heterocycles. The predicted molar refractivity (Wildman–Crippen MR) is 65.8 cm³/mol. The quantitative estimate of drug-likeness (QED) is 0.689. The van der Waals surface area contributed by atoms with E-state index in [4.69, 9.17) is 0 Å². The highest BCUT2D eigenvalue weighted by molar-refractivity contribution is 5.79. The molecule has 0 aromatic rings. The van der Waals surface area contributed by atoms with E-state index in [1.807, 2.05) is 0 Å². The summed E-state index contributed by atoms with van der Waals surface area (Å²) < 4.78 is 0. The molecule has 2 heteroatoms. The summed E-state index contributed by atoms with van der Waals surface area (Å²) in [5.74, 6) is 0.438. The second-order valence-electron chi connectivity index (χ2n) is 4.97.